The zero-order chi connectivity index (χ0) is 13.5. The molecule has 0 saturated carbocycles. The van der Waals surface area contributed by atoms with E-state index in [0.29, 0.717) is 12.4 Å². The van der Waals surface area contributed by atoms with E-state index in [1.807, 2.05) is 32.8 Å². The van der Waals surface area contributed by atoms with Gasteiger partial charge in [0.25, 0.3) is 0 Å². The Hall–Kier alpha value is -1.40. The van der Waals surface area contributed by atoms with Crippen LogP contribution < -0.4 is 10.6 Å². The van der Waals surface area contributed by atoms with Gasteiger partial charge in [-0.15, -0.1) is 0 Å². The molecule has 0 aromatic carbocycles. The molecule has 1 aromatic heterocycles. The molecule has 6 nitrogen and oxygen atoms in total. The predicted octanol–water partition coefficient (Wildman–Crippen LogP) is 0.888. The van der Waals surface area contributed by atoms with E-state index in [-0.39, 0.29) is 11.8 Å². The number of rotatable bonds is 7. The smallest absolute Gasteiger partial charge is 0.240 e. The van der Waals surface area contributed by atoms with E-state index in [1.165, 1.54) is 0 Å². The highest BCUT2D eigenvalue weighted by Gasteiger charge is 2.11. The van der Waals surface area contributed by atoms with Gasteiger partial charge in [-0.05, 0) is 20.0 Å². The van der Waals surface area contributed by atoms with E-state index in [4.69, 9.17) is 4.52 Å². The van der Waals surface area contributed by atoms with Gasteiger partial charge in [0.05, 0.1) is 12.2 Å². The minimum atomic E-state index is -0.0972. The third kappa shape index (κ3) is 4.85. The van der Waals surface area contributed by atoms with Crippen molar-refractivity contribution in [3.05, 3.63) is 11.8 Å². The molecule has 0 aliphatic carbocycles. The van der Waals surface area contributed by atoms with Crippen molar-refractivity contribution in [3.8, 4) is 0 Å². The van der Waals surface area contributed by atoms with Crippen LogP contribution in [0.4, 0.5) is 5.88 Å². The number of nitrogens with one attached hydrogen (secondary N) is 2. The number of carbonyl (C=O) groups is 1. The highest BCUT2D eigenvalue weighted by atomic mass is 16.5. The number of anilines is 1. The Morgan fingerprint density at radius 2 is 2.28 bits per heavy atom. The summed E-state index contributed by atoms with van der Waals surface area (Å²) in [5.74, 6) is 0.600. The van der Waals surface area contributed by atoms with Crippen LogP contribution in [-0.4, -0.2) is 49.7 Å². The van der Waals surface area contributed by atoms with Crippen molar-refractivity contribution in [1.29, 1.82) is 0 Å². The van der Waals surface area contributed by atoms with Crippen molar-refractivity contribution in [2.24, 2.45) is 0 Å². The molecule has 0 spiro atoms. The molecule has 102 valence electrons. The molecule has 1 aromatic rings. The molecule has 1 amide bonds. The van der Waals surface area contributed by atoms with Gasteiger partial charge in [-0.1, -0.05) is 19.0 Å². The third-order valence-electron chi connectivity index (χ3n) is 2.54. The van der Waals surface area contributed by atoms with E-state index in [0.717, 1.165) is 18.8 Å². The normalized spacial score (nSPS) is 11.2. The van der Waals surface area contributed by atoms with E-state index >= 15 is 0 Å². The number of carbonyl (C=O) groups excluding carboxylic acids is 1. The Kier molecular flexibility index (Phi) is 5.80. The molecule has 0 saturated heterocycles. The van der Waals surface area contributed by atoms with Gasteiger partial charge in [-0.2, -0.15) is 0 Å². The highest BCUT2D eigenvalue weighted by Crippen LogP contribution is 2.17. The number of aromatic nitrogens is 1. The van der Waals surface area contributed by atoms with Crippen molar-refractivity contribution in [2.45, 2.75) is 19.8 Å². The highest BCUT2D eigenvalue weighted by molar-refractivity contribution is 5.90. The zero-order valence-electron chi connectivity index (χ0n) is 11.5. The summed E-state index contributed by atoms with van der Waals surface area (Å²) in [7, 11) is 3.78. The molecule has 1 heterocycles. The van der Waals surface area contributed by atoms with Gasteiger partial charge >= 0.3 is 0 Å². The molecule has 0 fully saturated rings. The standard InChI is InChI=1S/C12H22N4O2/c1-9(2)10-7-12(18-15-10)14-11(17)8-16(4)6-5-13-3/h7,9,13H,5-6,8H2,1-4H3,(H,14,17). The van der Waals surface area contributed by atoms with Gasteiger partial charge in [0.15, 0.2) is 0 Å². The summed E-state index contributed by atoms with van der Waals surface area (Å²) in [6.45, 7) is 6.05. The first-order valence-electron chi connectivity index (χ1n) is 6.12. The lowest BCUT2D eigenvalue weighted by atomic mass is 10.1. The largest absolute Gasteiger partial charge is 0.338 e. The molecule has 0 bridgehead atoms. The fourth-order valence-electron chi connectivity index (χ4n) is 1.42. The number of hydrogen-bond donors (Lipinski definition) is 2. The summed E-state index contributed by atoms with van der Waals surface area (Å²) in [5.41, 5.74) is 0.842. The minimum Gasteiger partial charge on any atom is -0.338 e. The van der Waals surface area contributed by atoms with E-state index < -0.39 is 0 Å². The number of nitrogens with zero attached hydrogens (tertiary/aromatic N) is 2. The number of likely N-dealkylation sites (N-methyl/N-ethyl adjacent to an activating group) is 2. The van der Waals surface area contributed by atoms with Crippen LogP contribution in [0.15, 0.2) is 10.6 Å². The first-order chi connectivity index (χ1) is 8.52. The molecule has 2 N–H and O–H groups in total. The Labute approximate surface area is 108 Å². The van der Waals surface area contributed by atoms with Crippen LogP contribution in [-0.2, 0) is 4.79 Å². The molecule has 0 unspecified atom stereocenters. The fraction of sp³-hybridized carbons (Fsp3) is 0.667. The first kappa shape index (κ1) is 14.7. The second kappa shape index (κ2) is 7.13. The Morgan fingerprint density at radius 1 is 1.56 bits per heavy atom. The average Bonchev–Trinajstić information content (AvgIpc) is 2.74. The van der Waals surface area contributed by atoms with Gasteiger partial charge in [0.2, 0.25) is 11.8 Å². The summed E-state index contributed by atoms with van der Waals surface area (Å²) < 4.78 is 5.05. The van der Waals surface area contributed by atoms with Crippen molar-refractivity contribution in [1.82, 2.24) is 15.4 Å². The summed E-state index contributed by atoms with van der Waals surface area (Å²) >= 11 is 0. The lowest BCUT2D eigenvalue weighted by molar-refractivity contribution is -0.117. The summed E-state index contributed by atoms with van der Waals surface area (Å²) in [6.07, 6.45) is 0. The quantitative estimate of drug-likeness (QED) is 0.756. The molecule has 18 heavy (non-hydrogen) atoms. The molecular weight excluding hydrogens is 232 g/mol. The number of amides is 1. The Balaban J connectivity index is 2.39. The van der Waals surface area contributed by atoms with Crippen LogP contribution in [0.5, 0.6) is 0 Å². The van der Waals surface area contributed by atoms with Gasteiger partial charge in [0, 0.05) is 19.2 Å². The fourth-order valence-corrected chi connectivity index (χ4v) is 1.42. The van der Waals surface area contributed by atoms with Crippen LogP contribution in [0.1, 0.15) is 25.5 Å². The topological polar surface area (TPSA) is 70.4 Å². The lowest BCUT2D eigenvalue weighted by Crippen LogP contribution is -2.34. The Morgan fingerprint density at radius 3 is 2.83 bits per heavy atom. The second-order valence-corrected chi connectivity index (χ2v) is 4.66. The summed E-state index contributed by atoms with van der Waals surface area (Å²) in [5, 5.41) is 9.61. The minimum absolute atomic E-state index is 0.0972. The second-order valence-electron chi connectivity index (χ2n) is 4.66. The molecule has 0 aliphatic rings. The molecule has 0 aliphatic heterocycles. The van der Waals surface area contributed by atoms with Gasteiger partial charge in [-0.3, -0.25) is 15.0 Å². The average molecular weight is 254 g/mol. The summed E-state index contributed by atoms with van der Waals surface area (Å²) in [6, 6.07) is 1.76. The third-order valence-corrected chi connectivity index (χ3v) is 2.54. The van der Waals surface area contributed by atoms with Crippen LogP contribution in [0.2, 0.25) is 0 Å². The maximum absolute atomic E-state index is 11.7. The van der Waals surface area contributed by atoms with Crippen LogP contribution in [0.25, 0.3) is 0 Å². The SMILES string of the molecule is CNCCN(C)CC(=O)Nc1cc(C(C)C)no1. The first-order valence-corrected chi connectivity index (χ1v) is 6.12. The molecule has 0 atom stereocenters. The Bertz CT molecular complexity index is 376. The van der Waals surface area contributed by atoms with Crippen molar-refractivity contribution < 1.29 is 9.32 Å². The van der Waals surface area contributed by atoms with E-state index in [1.54, 1.807) is 6.07 Å². The van der Waals surface area contributed by atoms with Gasteiger partial charge in [0.1, 0.15) is 0 Å². The maximum Gasteiger partial charge on any atom is 0.240 e. The summed E-state index contributed by atoms with van der Waals surface area (Å²) in [4.78, 5) is 13.6. The van der Waals surface area contributed by atoms with E-state index in [9.17, 15) is 4.79 Å². The molecule has 1 rings (SSSR count). The van der Waals surface area contributed by atoms with Crippen molar-refractivity contribution in [3.63, 3.8) is 0 Å². The van der Waals surface area contributed by atoms with Crippen LogP contribution in [0, 0.1) is 0 Å². The molecular formula is C12H22N4O2. The van der Waals surface area contributed by atoms with Crippen LogP contribution in [0.3, 0.4) is 0 Å². The molecule has 6 heteroatoms. The number of hydrogen-bond acceptors (Lipinski definition) is 5. The predicted molar refractivity (Wildman–Crippen MR) is 70.6 cm³/mol. The van der Waals surface area contributed by atoms with Gasteiger partial charge in [-0.25, -0.2) is 0 Å². The monoisotopic (exact) mass is 254 g/mol. The van der Waals surface area contributed by atoms with Gasteiger partial charge < -0.3 is 9.84 Å². The van der Waals surface area contributed by atoms with Crippen LogP contribution >= 0.6 is 0 Å². The van der Waals surface area contributed by atoms with E-state index in [2.05, 4.69) is 15.8 Å². The molecule has 0 radical (unpaired) electrons. The van der Waals surface area contributed by atoms with Crippen molar-refractivity contribution in [2.75, 3.05) is 39.0 Å². The maximum atomic E-state index is 11.7. The van der Waals surface area contributed by atoms with Crippen molar-refractivity contribution >= 4 is 11.8 Å². The zero-order valence-corrected chi connectivity index (χ0v) is 11.5. The lowest BCUT2D eigenvalue weighted by Gasteiger charge is -2.14.